The van der Waals surface area contributed by atoms with Gasteiger partial charge < -0.3 is 9.84 Å². The van der Waals surface area contributed by atoms with Crippen molar-refractivity contribution in [1.29, 1.82) is 0 Å². The summed E-state index contributed by atoms with van der Waals surface area (Å²) in [4.78, 5) is 10.7. The second kappa shape index (κ2) is 7.88. The third-order valence-electron chi connectivity index (χ3n) is 3.05. The molecule has 0 radical (unpaired) electrons. The van der Waals surface area contributed by atoms with Crippen molar-refractivity contribution in [3.05, 3.63) is 35.4 Å². The first kappa shape index (κ1) is 14.7. The van der Waals surface area contributed by atoms with Gasteiger partial charge in [0.05, 0.1) is 5.56 Å². The van der Waals surface area contributed by atoms with E-state index in [1.165, 1.54) is 0 Å². The van der Waals surface area contributed by atoms with Gasteiger partial charge in [-0.15, -0.1) is 0 Å². The summed E-state index contributed by atoms with van der Waals surface area (Å²) in [6.07, 6.45) is 3.06. The quantitative estimate of drug-likeness (QED) is 0.719. The van der Waals surface area contributed by atoms with Gasteiger partial charge in [-0.3, -0.25) is 0 Å². The molecule has 0 bridgehead atoms. The van der Waals surface area contributed by atoms with Crippen LogP contribution in [0.25, 0.3) is 0 Å². The second-order valence-corrected chi connectivity index (χ2v) is 4.69. The third-order valence-corrected chi connectivity index (χ3v) is 3.05. The fraction of sp³-hybridized carbons (Fsp3) is 0.533. The number of hydrogen-bond acceptors (Lipinski definition) is 2. The molecule has 3 nitrogen and oxygen atoms in total. The van der Waals surface area contributed by atoms with Gasteiger partial charge in [-0.2, -0.15) is 0 Å². The van der Waals surface area contributed by atoms with Crippen LogP contribution < -0.4 is 0 Å². The number of carbonyl (C=O) groups is 1. The molecular formula is C15H22O3. The molecule has 1 N–H and O–H groups in total. The summed E-state index contributed by atoms with van der Waals surface area (Å²) in [5.41, 5.74) is 1.50. The van der Waals surface area contributed by atoms with Gasteiger partial charge in [-0.25, -0.2) is 4.79 Å². The molecule has 0 saturated carbocycles. The minimum Gasteiger partial charge on any atom is -0.478 e. The van der Waals surface area contributed by atoms with E-state index in [2.05, 4.69) is 13.8 Å². The highest BCUT2D eigenvalue weighted by atomic mass is 16.5. The first-order valence-corrected chi connectivity index (χ1v) is 6.53. The predicted molar refractivity (Wildman–Crippen MR) is 72.0 cm³/mol. The lowest BCUT2D eigenvalue weighted by atomic mass is 10.1. The summed E-state index contributed by atoms with van der Waals surface area (Å²) in [7, 11) is 0. The Bertz CT molecular complexity index is 357. The SMILES string of the molecule is CC[C@H](C)COCCCc1ccc(C(=O)O)cc1. The maximum atomic E-state index is 10.7. The molecule has 18 heavy (non-hydrogen) atoms. The average molecular weight is 250 g/mol. The van der Waals surface area contributed by atoms with Crippen molar-refractivity contribution in [3.8, 4) is 0 Å². The molecule has 0 aliphatic heterocycles. The van der Waals surface area contributed by atoms with E-state index in [-0.39, 0.29) is 0 Å². The Labute approximate surface area is 109 Å². The zero-order valence-electron chi connectivity index (χ0n) is 11.2. The molecule has 3 heteroatoms. The van der Waals surface area contributed by atoms with Crippen molar-refractivity contribution >= 4 is 5.97 Å². The molecule has 0 heterocycles. The van der Waals surface area contributed by atoms with Crippen LogP contribution in [-0.4, -0.2) is 24.3 Å². The molecule has 0 fully saturated rings. The number of aryl methyl sites for hydroxylation is 1. The van der Waals surface area contributed by atoms with Crippen molar-refractivity contribution < 1.29 is 14.6 Å². The molecule has 0 aliphatic rings. The highest BCUT2D eigenvalue weighted by Gasteiger charge is 2.02. The Balaban J connectivity index is 2.21. The molecular weight excluding hydrogens is 228 g/mol. The Kier molecular flexibility index (Phi) is 6.44. The van der Waals surface area contributed by atoms with E-state index in [4.69, 9.17) is 9.84 Å². The van der Waals surface area contributed by atoms with Crippen LogP contribution in [0.5, 0.6) is 0 Å². The molecule has 1 aromatic rings. The number of carboxylic acid groups (broad SMARTS) is 1. The standard InChI is InChI=1S/C15H22O3/c1-3-12(2)11-18-10-4-5-13-6-8-14(9-7-13)15(16)17/h6-9,12H,3-5,10-11H2,1-2H3,(H,16,17)/t12-/m0/s1. The Morgan fingerprint density at radius 1 is 1.33 bits per heavy atom. The minimum atomic E-state index is -0.876. The Morgan fingerprint density at radius 3 is 2.56 bits per heavy atom. The molecule has 0 saturated heterocycles. The molecule has 0 aliphatic carbocycles. The van der Waals surface area contributed by atoms with Crippen LogP contribution in [-0.2, 0) is 11.2 Å². The highest BCUT2D eigenvalue weighted by Crippen LogP contribution is 2.07. The van der Waals surface area contributed by atoms with Crippen LogP contribution in [0.15, 0.2) is 24.3 Å². The van der Waals surface area contributed by atoms with Crippen molar-refractivity contribution in [2.24, 2.45) is 5.92 Å². The van der Waals surface area contributed by atoms with Crippen LogP contribution in [0, 0.1) is 5.92 Å². The fourth-order valence-electron chi connectivity index (χ4n) is 1.59. The van der Waals surface area contributed by atoms with Crippen LogP contribution in [0.4, 0.5) is 0 Å². The lowest BCUT2D eigenvalue weighted by Gasteiger charge is -2.09. The Hall–Kier alpha value is -1.35. The molecule has 1 aromatic carbocycles. The largest absolute Gasteiger partial charge is 0.478 e. The van der Waals surface area contributed by atoms with Crippen molar-refractivity contribution in [2.75, 3.05) is 13.2 Å². The summed E-state index contributed by atoms with van der Waals surface area (Å²) in [6.45, 7) is 5.95. The number of aromatic carboxylic acids is 1. The van der Waals surface area contributed by atoms with Gasteiger partial charge in [-0.05, 0) is 36.5 Å². The fourth-order valence-corrected chi connectivity index (χ4v) is 1.59. The second-order valence-electron chi connectivity index (χ2n) is 4.69. The zero-order chi connectivity index (χ0) is 13.4. The number of rotatable bonds is 8. The van der Waals surface area contributed by atoms with E-state index in [0.29, 0.717) is 11.5 Å². The third kappa shape index (κ3) is 5.32. The van der Waals surface area contributed by atoms with Crippen molar-refractivity contribution in [1.82, 2.24) is 0 Å². The lowest BCUT2D eigenvalue weighted by Crippen LogP contribution is -2.06. The number of carboxylic acids is 1. The monoisotopic (exact) mass is 250 g/mol. The smallest absolute Gasteiger partial charge is 0.335 e. The van der Waals surface area contributed by atoms with Gasteiger partial charge >= 0.3 is 5.97 Å². The number of ether oxygens (including phenoxy) is 1. The van der Waals surface area contributed by atoms with E-state index < -0.39 is 5.97 Å². The van der Waals surface area contributed by atoms with E-state index >= 15 is 0 Å². The normalized spacial score (nSPS) is 12.3. The predicted octanol–water partition coefficient (Wildman–Crippen LogP) is 3.38. The number of benzene rings is 1. The molecule has 100 valence electrons. The zero-order valence-corrected chi connectivity index (χ0v) is 11.2. The molecule has 0 amide bonds. The summed E-state index contributed by atoms with van der Waals surface area (Å²) < 4.78 is 5.58. The van der Waals surface area contributed by atoms with Crippen LogP contribution in [0.3, 0.4) is 0 Å². The van der Waals surface area contributed by atoms with Gasteiger partial charge in [0.25, 0.3) is 0 Å². The van der Waals surface area contributed by atoms with Gasteiger partial charge in [0.2, 0.25) is 0 Å². The highest BCUT2D eigenvalue weighted by molar-refractivity contribution is 5.87. The van der Waals surface area contributed by atoms with E-state index in [1.54, 1.807) is 12.1 Å². The first-order chi connectivity index (χ1) is 8.63. The number of hydrogen-bond donors (Lipinski definition) is 1. The van der Waals surface area contributed by atoms with Gasteiger partial charge in [-0.1, -0.05) is 32.4 Å². The van der Waals surface area contributed by atoms with Crippen molar-refractivity contribution in [2.45, 2.75) is 33.1 Å². The van der Waals surface area contributed by atoms with Gasteiger partial charge in [0.1, 0.15) is 0 Å². The van der Waals surface area contributed by atoms with E-state index in [9.17, 15) is 4.79 Å². The topological polar surface area (TPSA) is 46.5 Å². The maximum Gasteiger partial charge on any atom is 0.335 e. The van der Waals surface area contributed by atoms with Gasteiger partial charge in [0.15, 0.2) is 0 Å². The average Bonchev–Trinajstić information content (AvgIpc) is 2.38. The van der Waals surface area contributed by atoms with Gasteiger partial charge in [0, 0.05) is 13.2 Å². The summed E-state index contributed by atoms with van der Waals surface area (Å²) >= 11 is 0. The molecule has 1 rings (SSSR count). The molecule has 0 unspecified atom stereocenters. The lowest BCUT2D eigenvalue weighted by molar-refractivity contribution is 0.0697. The van der Waals surface area contributed by atoms with E-state index in [0.717, 1.165) is 38.0 Å². The van der Waals surface area contributed by atoms with Crippen LogP contribution in [0.1, 0.15) is 42.6 Å². The van der Waals surface area contributed by atoms with Crippen LogP contribution >= 0.6 is 0 Å². The summed E-state index contributed by atoms with van der Waals surface area (Å²) in [5.74, 6) is -0.252. The van der Waals surface area contributed by atoms with E-state index in [1.807, 2.05) is 12.1 Å². The minimum absolute atomic E-state index is 0.340. The van der Waals surface area contributed by atoms with Crippen LogP contribution in [0.2, 0.25) is 0 Å². The molecule has 1 atom stereocenters. The van der Waals surface area contributed by atoms with Crippen molar-refractivity contribution in [3.63, 3.8) is 0 Å². The first-order valence-electron chi connectivity index (χ1n) is 6.53. The molecule has 0 aromatic heterocycles. The Morgan fingerprint density at radius 2 is 2.00 bits per heavy atom. The summed E-state index contributed by atoms with van der Waals surface area (Å²) in [6, 6.07) is 7.05. The summed E-state index contributed by atoms with van der Waals surface area (Å²) in [5, 5.41) is 8.78. The maximum absolute atomic E-state index is 10.7. The molecule has 0 spiro atoms.